The van der Waals surface area contributed by atoms with Crippen molar-refractivity contribution in [3.8, 4) is 0 Å². The summed E-state index contributed by atoms with van der Waals surface area (Å²) in [5.41, 5.74) is 1.82. The van der Waals surface area contributed by atoms with Gasteiger partial charge in [-0.25, -0.2) is 4.98 Å². The lowest BCUT2D eigenvalue weighted by Gasteiger charge is -2.36. The molecule has 2 saturated heterocycles. The van der Waals surface area contributed by atoms with Crippen molar-refractivity contribution >= 4 is 17.6 Å². The zero-order valence-corrected chi connectivity index (χ0v) is 14.7. The number of piperazine rings is 1. The van der Waals surface area contributed by atoms with E-state index in [1.54, 1.807) is 11.1 Å². The van der Waals surface area contributed by atoms with Gasteiger partial charge in [-0.2, -0.15) is 0 Å². The highest BCUT2D eigenvalue weighted by atomic mass is 16.2. The van der Waals surface area contributed by atoms with Crippen molar-refractivity contribution in [2.24, 2.45) is 5.92 Å². The van der Waals surface area contributed by atoms with Gasteiger partial charge in [-0.05, 0) is 20.8 Å². The lowest BCUT2D eigenvalue weighted by molar-refractivity contribution is -0.136. The van der Waals surface area contributed by atoms with Gasteiger partial charge in [-0.3, -0.25) is 14.6 Å². The van der Waals surface area contributed by atoms with Crippen LogP contribution in [0.4, 0.5) is 5.82 Å². The number of carbonyl (C=O) groups is 2. The zero-order valence-electron chi connectivity index (χ0n) is 14.7. The fraction of sp³-hybridized carbons (Fsp3) is 0.647. The van der Waals surface area contributed by atoms with Gasteiger partial charge in [0.25, 0.3) is 0 Å². The summed E-state index contributed by atoms with van der Waals surface area (Å²) in [6.07, 6.45) is 2.13. The third-order valence-electron chi connectivity index (χ3n) is 4.89. The SMILES string of the molecule is CCN1CC(C(=O)N2CCN(c3nc(C)cnc3C)CC2)CC1=O. The second-order valence-electron chi connectivity index (χ2n) is 6.57. The average Bonchev–Trinajstić information content (AvgIpc) is 2.97. The van der Waals surface area contributed by atoms with Gasteiger partial charge in [0.2, 0.25) is 11.8 Å². The van der Waals surface area contributed by atoms with Gasteiger partial charge in [0.1, 0.15) is 5.82 Å². The van der Waals surface area contributed by atoms with Gasteiger partial charge in [-0.15, -0.1) is 0 Å². The van der Waals surface area contributed by atoms with Crippen molar-refractivity contribution in [3.05, 3.63) is 17.6 Å². The molecular formula is C17H25N5O2. The second-order valence-corrected chi connectivity index (χ2v) is 6.57. The van der Waals surface area contributed by atoms with Gasteiger partial charge in [0.15, 0.2) is 0 Å². The van der Waals surface area contributed by atoms with Crippen LogP contribution < -0.4 is 4.90 Å². The summed E-state index contributed by atoms with van der Waals surface area (Å²) in [5.74, 6) is 0.950. The number of hydrogen-bond donors (Lipinski definition) is 0. The van der Waals surface area contributed by atoms with Crippen LogP contribution >= 0.6 is 0 Å². The van der Waals surface area contributed by atoms with E-state index in [9.17, 15) is 9.59 Å². The molecule has 2 amide bonds. The number of anilines is 1. The first kappa shape index (κ1) is 16.7. The van der Waals surface area contributed by atoms with Gasteiger partial charge < -0.3 is 14.7 Å². The first-order valence-electron chi connectivity index (χ1n) is 8.61. The number of hydrogen-bond acceptors (Lipinski definition) is 5. The summed E-state index contributed by atoms with van der Waals surface area (Å²) < 4.78 is 0. The molecule has 0 N–H and O–H groups in total. The van der Waals surface area contributed by atoms with E-state index in [0.29, 0.717) is 32.6 Å². The van der Waals surface area contributed by atoms with Crippen LogP contribution in [0.5, 0.6) is 0 Å². The molecule has 0 aromatic carbocycles. The van der Waals surface area contributed by atoms with Crippen molar-refractivity contribution in [2.45, 2.75) is 27.2 Å². The van der Waals surface area contributed by atoms with Crippen LogP contribution in [-0.4, -0.2) is 70.9 Å². The molecule has 24 heavy (non-hydrogen) atoms. The van der Waals surface area contributed by atoms with Gasteiger partial charge in [0, 0.05) is 51.9 Å². The molecule has 3 rings (SSSR count). The molecule has 3 heterocycles. The molecule has 2 fully saturated rings. The van der Waals surface area contributed by atoms with Crippen LogP contribution in [0.2, 0.25) is 0 Å². The maximum absolute atomic E-state index is 12.7. The van der Waals surface area contributed by atoms with E-state index in [4.69, 9.17) is 0 Å². The second kappa shape index (κ2) is 6.75. The standard InChI is InChI=1S/C17H25N5O2/c1-4-20-11-14(9-15(20)23)17(24)22-7-5-21(6-8-22)16-13(3)18-10-12(2)19-16/h10,14H,4-9,11H2,1-3H3. The van der Waals surface area contributed by atoms with E-state index in [1.807, 2.05) is 25.7 Å². The molecule has 2 aliphatic heterocycles. The van der Waals surface area contributed by atoms with E-state index >= 15 is 0 Å². The van der Waals surface area contributed by atoms with Crippen molar-refractivity contribution in [2.75, 3.05) is 44.2 Å². The molecule has 0 saturated carbocycles. The highest BCUT2D eigenvalue weighted by Gasteiger charge is 2.36. The van der Waals surface area contributed by atoms with E-state index in [-0.39, 0.29) is 17.7 Å². The number of likely N-dealkylation sites (tertiary alicyclic amines) is 1. The normalized spacial score (nSPS) is 21.5. The molecule has 1 atom stereocenters. The predicted molar refractivity (Wildman–Crippen MR) is 90.7 cm³/mol. The fourth-order valence-electron chi connectivity index (χ4n) is 3.46. The maximum Gasteiger partial charge on any atom is 0.228 e. The lowest BCUT2D eigenvalue weighted by Crippen LogP contribution is -2.51. The van der Waals surface area contributed by atoms with Crippen molar-refractivity contribution < 1.29 is 9.59 Å². The van der Waals surface area contributed by atoms with Crippen molar-refractivity contribution in [3.63, 3.8) is 0 Å². The molecule has 1 aromatic rings. The maximum atomic E-state index is 12.7. The Hall–Kier alpha value is -2.18. The van der Waals surface area contributed by atoms with E-state index in [0.717, 1.165) is 30.3 Å². The number of carbonyl (C=O) groups excluding carboxylic acids is 2. The zero-order chi connectivity index (χ0) is 17.3. The lowest BCUT2D eigenvalue weighted by atomic mass is 10.1. The van der Waals surface area contributed by atoms with Gasteiger partial charge in [-0.1, -0.05) is 0 Å². The molecule has 130 valence electrons. The third-order valence-corrected chi connectivity index (χ3v) is 4.89. The molecular weight excluding hydrogens is 306 g/mol. The summed E-state index contributed by atoms with van der Waals surface area (Å²) >= 11 is 0. The summed E-state index contributed by atoms with van der Waals surface area (Å²) in [6.45, 7) is 9.95. The summed E-state index contributed by atoms with van der Waals surface area (Å²) in [7, 11) is 0. The van der Waals surface area contributed by atoms with Crippen molar-refractivity contribution in [1.82, 2.24) is 19.8 Å². The Bertz CT molecular complexity index is 640. The van der Waals surface area contributed by atoms with Gasteiger partial charge in [0.05, 0.1) is 17.3 Å². The largest absolute Gasteiger partial charge is 0.352 e. The van der Waals surface area contributed by atoms with E-state index in [1.165, 1.54) is 0 Å². The first-order valence-corrected chi connectivity index (χ1v) is 8.61. The smallest absolute Gasteiger partial charge is 0.228 e. The quantitative estimate of drug-likeness (QED) is 0.812. The number of aromatic nitrogens is 2. The molecule has 7 heteroatoms. The molecule has 7 nitrogen and oxygen atoms in total. The summed E-state index contributed by atoms with van der Waals surface area (Å²) in [4.78, 5) is 39.3. The van der Waals surface area contributed by atoms with E-state index in [2.05, 4.69) is 14.9 Å². The van der Waals surface area contributed by atoms with Gasteiger partial charge >= 0.3 is 0 Å². The number of aryl methyl sites for hydroxylation is 2. The molecule has 0 radical (unpaired) electrons. The molecule has 0 aliphatic carbocycles. The molecule has 0 bridgehead atoms. The average molecular weight is 331 g/mol. The van der Waals surface area contributed by atoms with Crippen LogP contribution in [-0.2, 0) is 9.59 Å². The Kier molecular flexibility index (Phi) is 4.69. The van der Waals surface area contributed by atoms with Crippen LogP contribution in [0.1, 0.15) is 24.7 Å². The molecule has 0 spiro atoms. The minimum absolute atomic E-state index is 0.0974. The Morgan fingerprint density at radius 3 is 2.58 bits per heavy atom. The predicted octanol–water partition coefficient (Wildman–Crippen LogP) is 0.610. The monoisotopic (exact) mass is 331 g/mol. The van der Waals surface area contributed by atoms with Crippen LogP contribution in [0.25, 0.3) is 0 Å². The Labute approximate surface area is 142 Å². The Balaban J connectivity index is 1.60. The summed E-state index contributed by atoms with van der Waals surface area (Å²) in [6, 6.07) is 0. The highest BCUT2D eigenvalue weighted by Crippen LogP contribution is 2.22. The van der Waals surface area contributed by atoms with Crippen molar-refractivity contribution in [1.29, 1.82) is 0 Å². The van der Waals surface area contributed by atoms with Crippen LogP contribution in [0.3, 0.4) is 0 Å². The highest BCUT2D eigenvalue weighted by molar-refractivity contribution is 5.89. The third kappa shape index (κ3) is 3.20. The first-order chi connectivity index (χ1) is 11.5. The minimum Gasteiger partial charge on any atom is -0.352 e. The number of rotatable bonds is 3. The number of nitrogens with zero attached hydrogens (tertiary/aromatic N) is 5. The molecule has 2 aliphatic rings. The Morgan fingerprint density at radius 1 is 1.25 bits per heavy atom. The van der Waals surface area contributed by atoms with E-state index < -0.39 is 0 Å². The minimum atomic E-state index is -0.176. The molecule has 1 aromatic heterocycles. The molecule has 1 unspecified atom stereocenters. The summed E-state index contributed by atoms with van der Waals surface area (Å²) in [5, 5.41) is 0. The van der Waals surface area contributed by atoms with Crippen LogP contribution in [0, 0.1) is 19.8 Å². The Morgan fingerprint density at radius 2 is 1.96 bits per heavy atom. The van der Waals surface area contributed by atoms with Crippen LogP contribution in [0.15, 0.2) is 6.20 Å². The fourth-order valence-corrected chi connectivity index (χ4v) is 3.46. The topological polar surface area (TPSA) is 69.6 Å². The number of amides is 2.